The highest BCUT2D eigenvalue weighted by Gasteiger charge is 2.32. The molecule has 0 aliphatic rings. The maximum Gasteiger partial charge on any atom is 0.256 e. The van der Waals surface area contributed by atoms with Gasteiger partial charge in [0, 0.05) is 12.7 Å². The molecule has 0 radical (unpaired) electrons. The van der Waals surface area contributed by atoms with Gasteiger partial charge in [-0.05, 0) is 33.3 Å². The first-order valence-corrected chi connectivity index (χ1v) is 7.10. The molecule has 1 amide bonds. The fraction of sp³-hybridized carbons (Fsp3) is 0.600. The zero-order valence-corrected chi connectivity index (χ0v) is 12.7. The maximum absolute atomic E-state index is 12.3. The number of hydrogen-bond donors (Lipinski definition) is 1. The summed E-state index contributed by atoms with van der Waals surface area (Å²) in [6, 6.07) is 3.51. The van der Waals surface area contributed by atoms with E-state index >= 15 is 0 Å². The van der Waals surface area contributed by atoms with E-state index in [0.29, 0.717) is 31.2 Å². The van der Waals surface area contributed by atoms with Crippen LogP contribution in [0.4, 0.5) is 5.69 Å². The summed E-state index contributed by atoms with van der Waals surface area (Å²) in [5.74, 6) is 0.402. The van der Waals surface area contributed by atoms with E-state index in [1.807, 2.05) is 27.7 Å². The van der Waals surface area contributed by atoms with Crippen molar-refractivity contribution in [3.05, 3.63) is 18.3 Å². The zero-order chi connectivity index (χ0) is 15.0. The second-order valence-corrected chi connectivity index (χ2v) is 4.69. The summed E-state index contributed by atoms with van der Waals surface area (Å²) in [4.78, 5) is 16.4. The largest absolute Gasteiger partial charge is 0.478 e. The van der Waals surface area contributed by atoms with Crippen molar-refractivity contribution >= 4 is 11.6 Å². The number of amides is 1. The predicted octanol–water partition coefficient (Wildman–Crippen LogP) is 3.01. The summed E-state index contributed by atoms with van der Waals surface area (Å²) >= 11 is 0. The molecule has 1 N–H and O–H groups in total. The van der Waals surface area contributed by atoms with Gasteiger partial charge in [-0.3, -0.25) is 4.79 Å². The van der Waals surface area contributed by atoms with Crippen LogP contribution in [0.5, 0.6) is 5.88 Å². The quantitative estimate of drug-likeness (QED) is 0.795. The van der Waals surface area contributed by atoms with Gasteiger partial charge in [-0.1, -0.05) is 13.3 Å². The summed E-state index contributed by atoms with van der Waals surface area (Å²) in [5.41, 5.74) is -0.164. The van der Waals surface area contributed by atoms with Crippen LogP contribution in [-0.2, 0) is 9.53 Å². The lowest BCUT2D eigenvalue weighted by Gasteiger charge is -2.27. The Morgan fingerprint density at radius 2 is 2.05 bits per heavy atom. The number of rotatable bonds is 8. The van der Waals surface area contributed by atoms with Crippen molar-refractivity contribution in [2.24, 2.45) is 0 Å². The molecule has 0 spiro atoms. The van der Waals surface area contributed by atoms with E-state index in [-0.39, 0.29) is 5.91 Å². The third kappa shape index (κ3) is 4.49. The molecule has 0 aromatic carbocycles. The number of aromatic nitrogens is 1. The highest BCUT2D eigenvalue weighted by Crippen LogP contribution is 2.21. The number of ether oxygens (including phenoxy) is 2. The molecule has 0 saturated carbocycles. The Bertz CT molecular complexity index is 412. The Morgan fingerprint density at radius 1 is 1.30 bits per heavy atom. The van der Waals surface area contributed by atoms with Crippen LogP contribution >= 0.6 is 0 Å². The minimum absolute atomic E-state index is 0.146. The molecule has 1 atom stereocenters. The molecule has 20 heavy (non-hydrogen) atoms. The molecule has 1 rings (SSSR count). The summed E-state index contributed by atoms with van der Waals surface area (Å²) in [7, 11) is 0. The van der Waals surface area contributed by atoms with Crippen LogP contribution in [0.2, 0.25) is 0 Å². The van der Waals surface area contributed by atoms with Crippen molar-refractivity contribution < 1.29 is 14.3 Å². The average Bonchev–Trinajstić information content (AvgIpc) is 2.42. The van der Waals surface area contributed by atoms with Crippen LogP contribution in [0.25, 0.3) is 0 Å². The molecule has 1 aromatic heterocycles. The molecule has 0 fully saturated rings. The minimum Gasteiger partial charge on any atom is -0.478 e. The molecular formula is C15H24N2O3. The van der Waals surface area contributed by atoms with Crippen LogP contribution < -0.4 is 10.1 Å². The standard InChI is InChI=1S/C15H24N2O3/c1-5-10-15(4,20-7-3)14(18)17-12-8-9-13(16-11-12)19-6-2/h8-9,11H,5-7,10H2,1-4H3,(H,17,18). The van der Waals surface area contributed by atoms with Crippen LogP contribution in [-0.4, -0.2) is 29.7 Å². The molecule has 5 heteroatoms. The molecule has 1 aromatic rings. The van der Waals surface area contributed by atoms with Crippen molar-refractivity contribution in [2.45, 2.75) is 46.1 Å². The predicted molar refractivity (Wildman–Crippen MR) is 79.0 cm³/mol. The first-order valence-electron chi connectivity index (χ1n) is 7.10. The van der Waals surface area contributed by atoms with Gasteiger partial charge in [-0.2, -0.15) is 0 Å². The van der Waals surface area contributed by atoms with Gasteiger partial charge in [0.15, 0.2) is 0 Å². The topological polar surface area (TPSA) is 60.5 Å². The van der Waals surface area contributed by atoms with E-state index in [4.69, 9.17) is 9.47 Å². The van der Waals surface area contributed by atoms with Gasteiger partial charge in [0.2, 0.25) is 5.88 Å². The van der Waals surface area contributed by atoms with Crippen molar-refractivity contribution in [3.8, 4) is 5.88 Å². The fourth-order valence-electron chi connectivity index (χ4n) is 2.00. The highest BCUT2D eigenvalue weighted by molar-refractivity contribution is 5.96. The fourth-order valence-corrected chi connectivity index (χ4v) is 2.00. The summed E-state index contributed by atoms with van der Waals surface area (Å²) < 4.78 is 10.9. The zero-order valence-electron chi connectivity index (χ0n) is 12.7. The average molecular weight is 280 g/mol. The molecule has 0 aliphatic carbocycles. The van der Waals surface area contributed by atoms with Crippen LogP contribution in [0.3, 0.4) is 0 Å². The van der Waals surface area contributed by atoms with Gasteiger partial charge in [0.05, 0.1) is 18.5 Å². The molecule has 112 valence electrons. The molecule has 1 heterocycles. The van der Waals surface area contributed by atoms with E-state index < -0.39 is 5.60 Å². The SMILES string of the molecule is CCCC(C)(OCC)C(=O)Nc1ccc(OCC)nc1. The lowest BCUT2D eigenvalue weighted by molar-refractivity contribution is -0.139. The van der Waals surface area contributed by atoms with Crippen LogP contribution in [0.1, 0.15) is 40.5 Å². The molecule has 0 aliphatic heterocycles. The number of nitrogens with zero attached hydrogens (tertiary/aromatic N) is 1. The Labute approximate surface area is 120 Å². The number of hydrogen-bond acceptors (Lipinski definition) is 4. The van der Waals surface area contributed by atoms with Gasteiger partial charge in [0.1, 0.15) is 5.60 Å². The van der Waals surface area contributed by atoms with Crippen molar-refractivity contribution in [3.63, 3.8) is 0 Å². The number of anilines is 1. The van der Waals surface area contributed by atoms with Crippen LogP contribution in [0.15, 0.2) is 18.3 Å². The molecule has 0 bridgehead atoms. The van der Waals surface area contributed by atoms with Gasteiger partial charge in [0.25, 0.3) is 5.91 Å². The highest BCUT2D eigenvalue weighted by atomic mass is 16.5. The molecule has 0 saturated heterocycles. The van der Waals surface area contributed by atoms with E-state index in [0.717, 1.165) is 6.42 Å². The summed E-state index contributed by atoms with van der Waals surface area (Å²) in [5, 5.41) is 2.84. The van der Waals surface area contributed by atoms with Gasteiger partial charge >= 0.3 is 0 Å². The molecule has 1 unspecified atom stereocenters. The lowest BCUT2D eigenvalue weighted by atomic mass is 9.99. The molecular weight excluding hydrogens is 256 g/mol. The Hall–Kier alpha value is -1.62. The number of carbonyl (C=O) groups is 1. The first kappa shape index (κ1) is 16.4. The third-order valence-electron chi connectivity index (χ3n) is 2.96. The lowest BCUT2D eigenvalue weighted by Crippen LogP contribution is -2.42. The third-order valence-corrected chi connectivity index (χ3v) is 2.96. The smallest absolute Gasteiger partial charge is 0.256 e. The van der Waals surface area contributed by atoms with Gasteiger partial charge in [-0.25, -0.2) is 4.98 Å². The maximum atomic E-state index is 12.3. The Balaban J connectivity index is 2.72. The van der Waals surface area contributed by atoms with Gasteiger partial charge in [-0.15, -0.1) is 0 Å². The Morgan fingerprint density at radius 3 is 2.55 bits per heavy atom. The van der Waals surface area contributed by atoms with Gasteiger partial charge < -0.3 is 14.8 Å². The van der Waals surface area contributed by atoms with E-state index in [9.17, 15) is 4.79 Å². The van der Waals surface area contributed by atoms with Crippen molar-refractivity contribution in [1.29, 1.82) is 0 Å². The van der Waals surface area contributed by atoms with E-state index in [1.54, 1.807) is 18.3 Å². The minimum atomic E-state index is -0.803. The second-order valence-electron chi connectivity index (χ2n) is 4.69. The molecule has 5 nitrogen and oxygen atoms in total. The number of pyridine rings is 1. The van der Waals surface area contributed by atoms with E-state index in [1.165, 1.54) is 0 Å². The summed E-state index contributed by atoms with van der Waals surface area (Å²) in [6.07, 6.45) is 3.14. The van der Waals surface area contributed by atoms with Crippen molar-refractivity contribution in [2.75, 3.05) is 18.5 Å². The number of nitrogens with one attached hydrogen (secondary N) is 1. The van der Waals surface area contributed by atoms with E-state index in [2.05, 4.69) is 10.3 Å². The summed E-state index contributed by atoms with van der Waals surface area (Å²) in [6.45, 7) is 8.71. The van der Waals surface area contributed by atoms with Crippen LogP contribution in [0, 0.1) is 0 Å². The number of carbonyl (C=O) groups excluding carboxylic acids is 1. The monoisotopic (exact) mass is 280 g/mol. The first-order chi connectivity index (χ1) is 9.55. The second kappa shape index (κ2) is 7.85. The normalized spacial score (nSPS) is 13.6. The Kier molecular flexibility index (Phi) is 6.45. The van der Waals surface area contributed by atoms with Crippen molar-refractivity contribution in [1.82, 2.24) is 4.98 Å².